The number of nitrogens with zero attached hydrogens (tertiary/aromatic N) is 2. The molecule has 0 aliphatic heterocycles. The van der Waals surface area contributed by atoms with Crippen molar-refractivity contribution >= 4 is 28.3 Å². The molecule has 6 nitrogen and oxygen atoms in total. The van der Waals surface area contributed by atoms with E-state index in [2.05, 4.69) is 5.32 Å². The van der Waals surface area contributed by atoms with Gasteiger partial charge in [0, 0.05) is 32.5 Å². The number of halogens is 1. The van der Waals surface area contributed by atoms with Gasteiger partial charge in [-0.25, -0.2) is 12.4 Å². The van der Waals surface area contributed by atoms with E-state index in [1.54, 1.807) is 36.2 Å². The van der Waals surface area contributed by atoms with Gasteiger partial charge in [0.2, 0.25) is 0 Å². The highest BCUT2D eigenvalue weighted by molar-refractivity contribution is 7.90. The van der Waals surface area contributed by atoms with Crippen LogP contribution >= 0.6 is 12.4 Å². The van der Waals surface area contributed by atoms with Crippen LogP contribution in [0.1, 0.15) is 15.9 Å². The predicted octanol–water partition coefficient (Wildman–Crippen LogP) is 1.75. The number of benzene rings is 1. The van der Waals surface area contributed by atoms with E-state index >= 15 is 0 Å². The van der Waals surface area contributed by atoms with Crippen LogP contribution in [0, 0.1) is 6.92 Å². The fraction of sp³-hybridized carbons (Fsp3) is 0.312. The number of rotatable bonds is 6. The second-order valence-corrected chi connectivity index (χ2v) is 7.22. The van der Waals surface area contributed by atoms with E-state index in [1.165, 1.54) is 18.5 Å². The third-order valence-corrected chi connectivity index (χ3v) is 5.20. The molecule has 1 heterocycles. The maximum Gasteiger partial charge on any atom is 0.267 e. The Morgan fingerprint density at radius 1 is 1.21 bits per heavy atom. The van der Waals surface area contributed by atoms with Crippen LogP contribution in [0.5, 0.6) is 0 Å². The Kier molecular flexibility index (Phi) is 7.01. The fourth-order valence-corrected chi connectivity index (χ4v) is 3.28. The lowest BCUT2D eigenvalue weighted by Crippen LogP contribution is -2.32. The second kappa shape index (κ2) is 8.32. The first-order valence-corrected chi connectivity index (χ1v) is 8.70. The summed E-state index contributed by atoms with van der Waals surface area (Å²) in [6.45, 7) is 3.11. The van der Waals surface area contributed by atoms with Crippen LogP contribution in [0.2, 0.25) is 0 Å². The first-order valence-electron chi connectivity index (χ1n) is 7.26. The molecule has 0 spiro atoms. The lowest BCUT2D eigenvalue weighted by Gasteiger charge is -2.15. The number of hydrogen-bond donors (Lipinski definition) is 1. The Hall–Kier alpha value is -1.83. The topological polar surface area (TPSA) is 71.4 Å². The van der Waals surface area contributed by atoms with Gasteiger partial charge in [-0.1, -0.05) is 17.7 Å². The van der Waals surface area contributed by atoms with Crippen molar-refractivity contribution in [1.82, 2.24) is 14.2 Å². The molecule has 0 fully saturated rings. The van der Waals surface area contributed by atoms with Crippen molar-refractivity contribution in [2.45, 2.75) is 11.8 Å². The minimum Gasteiger partial charge on any atom is -0.340 e. The SMILES string of the molecule is CNCCN(C)C(=O)c1ccn(S(=O)(=O)c2ccc(C)cc2)c1.Cl. The Morgan fingerprint density at radius 3 is 2.42 bits per heavy atom. The highest BCUT2D eigenvalue weighted by atomic mass is 35.5. The smallest absolute Gasteiger partial charge is 0.267 e. The molecule has 1 aromatic heterocycles. The summed E-state index contributed by atoms with van der Waals surface area (Å²) in [5, 5.41) is 2.97. The Labute approximate surface area is 148 Å². The number of nitrogens with one attached hydrogen (secondary N) is 1. The van der Waals surface area contributed by atoms with Gasteiger partial charge in [-0.15, -0.1) is 12.4 Å². The van der Waals surface area contributed by atoms with Crippen LogP contribution in [-0.4, -0.2) is 50.4 Å². The van der Waals surface area contributed by atoms with Crippen molar-refractivity contribution in [3.8, 4) is 0 Å². The zero-order valence-corrected chi connectivity index (χ0v) is 15.5. The first-order chi connectivity index (χ1) is 10.9. The van der Waals surface area contributed by atoms with Crippen molar-refractivity contribution in [2.75, 3.05) is 27.2 Å². The molecule has 0 saturated heterocycles. The third kappa shape index (κ3) is 4.37. The molecule has 24 heavy (non-hydrogen) atoms. The zero-order chi connectivity index (χ0) is 17.0. The fourth-order valence-electron chi connectivity index (χ4n) is 2.09. The molecule has 132 valence electrons. The van der Waals surface area contributed by atoms with Crippen LogP contribution in [0.4, 0.5) is 0 Å². The molecular weight excluding hydrogens is 350 g/mol. The molecule has 0 bridgehead atoms. The molecule has 1 N–H and O–H groups in total. The lowest BCUT2D eigenvalue weighted by molar-refractivity contribution is 0.0797. The number of carbonyl (C=O) groups excluding carboxylic acids is 1. The van der Waals surface area contributed by atoms with Crippen LogP contribution in [0.15, 0.2) is 47.6 Å². The van der Waals surface area contributed by atoms with Gasteiger partial charge in [-0.2, -0.15) is 0 Å². The quantitative estimate of drug-likeness (QED) is 0.839. The highest BCUT2D eigenvalue weighted by Crippen LogP contribution is 2.16. The van der Waals surface area contributed by atoms with Gasteiger partial charge in [0.25, 0.3) is 15.9 Å². The number of aryl methyl sites for hydroxylation is 1. The van der Waals surface area contributed by atoms with Crippen LogP contribution in [-0.2, 0) is 10.0 Å². The average Bonchev–Trinajstić information content (AvgIpc) is 3.03. The molecular formula is C16H22ClN3O3S. The van der Waals surface area contributed by atoms with Gasteiger partial charge in [-0.05, 0) is 32.2 Å². The van der Waals surface area contributed by atoms with Crippen molar-refractivity contribution in [2.24, 2.45) is 0 Å². The molecule has 2 aromatic rings. The summed E-state index contributed by atoms with van der Waals surface area (Å²) in [4.78, 5) is 14.0. The van der Waals surface area contributed by atoms with Crippen molar-refractivity contribution in [3.63, 3.8) is 0 Å². The minimum absolute atomic E-state index is 0. The summed E-state index contributed by atoms with van der Waals surface area (Å²) in [7, 11) is -0.183. The van der Waals surface area contributed by atoms with Gasteiger partial charge in [-0.3, -0.25) is 4.79 Å². The summed E-state index contributed by atoms with van der Waals surface area (Å²) < 4.78 is 26.2. The number of amides is 1. The number of aromatic nitrogens is 1. The Bertz CT molecular complexity index is 785. The van der Waals surface area contributed by atoms with E-state index in [0.717, 1.165) is 9.54 Å². The lowest BCUT2D eigenvalue weighted by atomic mass is 10.2. The highest BCUT2D eigenvalue weighted by Gasteiger charge is 2.19. The number of likely N-dealkylation sites (N-methyl/N-ethyl adjacent to an activating group) is 2. The Balaban J connectivity index is 0.00000288. The molecule has 0 atom stereocenters. The monoisotopic (exact) mass is 371 g/mol. The van der Waals surface area contributed by atoms with E-state index in [-0.39, 0.29) is 23.2 Å². The maximum absolute atomic E-state index is 12.6. The standard InChI is InChI=1S/C16H21N3O3S.ClH/c1-13-4-6-15(7-5-13)23(21,22)19-10-8-14(12-19)16(20)18(3)11-9-17-2;/h4-8,10,12,17H,9,11H2,1-3H3;1H. The number of carbonyl (C=O) groups is 1. The maximum atomic E-state index is 12.6. The molecule has 0 radical (unpaired) electrons. The van der Waals surface area contributed by atoms with Crippen molar-refractivity contribution in [3.05, 3.63) is 53.9 Å². The minimum atomic E-state index is -3.68. The Morgan fingerprint density at radius 2 is 1.83 bits per heavy atom. The van der Waals surface area contributed by atoms with E-state index in [9.17, 15) is 13.2 Å². The van der Waals surface area contributed by atoms with Gasteiger partial charge in [0.1, 0.15) is 0 Å². The molecule has 2 rings (SSSR count). The van der Waals surface area contributed by atoms with E-state index in [1.807, 2.05) is 14.0 Å². The van der Waals surface area contributed by atoms with Gasteiger partial charge < -0.3 is 10.2 Å². The summed E-state index contributed by atoms with van der Waals surface area (Å²) in [5.74, 6) is -0.210. The van der Waals surface area contributed by atoms with E-state index in [0.29, 0.717) is 18.7 Å². The normalized spacial score (nSPS) is 11.0. The first kappa shape index (κ1) is 20.2. The number of hydrogen-bond acceptors (Lipinski definition) is 4. The third-order valence-electron chi connectivity index (χ3n) is 3.55. The zero-order valence-electron chi connectivity index (χ0n) is 13.9. The molecule has 8 heteroatoms. The summed E-state index contributed by atoms with van der Waals surface area (Å²) in [5.41, 5.74) is 1.33. The summed E-state index contributed by atoms with van der Waals surface area (Å²) in [6.07, 6.45) is 2.75. The molecule has 1 amide bonds. The molecule has 0 saturated carbocycles. The summed E-state index contributed by atoms with van der Waals surface area (Å²) in [6, 6.07) is 8.13. The molecule has 0 unspecified atom stereocenters. The van der Waals surface area contributed by atoms with E-state index in [4.69, 9.17) is 0 Å². The van der Waals surface area contributed by atoms with Gasteiger partial charge in [0.05, 0.1) is 10.5 Å². The predicted molar refractivity (Wildman–Crippen MR) is 96.3 cm³/mol. The van der Waals surface area contributed by atoms with Crippen LogP contribution < -0.4 is 5.32 Å². The van der Waals surface area contributed by atoms with Crippen LogP contribution in [0.25, 0.3) is 0 Å². The van der Waals surface area contributed by atoms with Crippen molar-refractivity contribution < 1.29 is 13.2 Å². The summed E-state index contributed by atoms with van der Waals surface area (Å²) >= 11 is 0. The van der Waals surface area contributed by atoms with E-state index < -0.39 is 10.0 Å². The molecule has 0 aliphatic carbocycles. The average molecular weight is 372 g/mol. The molecule has 1 aromatic carbocycles. The van der Waals surface area contributed by atoms with Crippen LogP contribution in [0.3, 0.4) is 0 Å². The van der Waals surface area contributed by atoms with Gasteiger partial charge >= 0.3 is 0 Å². The van der Waals surface area contributed by atoms with Crippen molar-refractivity contribution in [1.29, 1.82) is 0 Å². The van der Waals surface area contributed by atoms with Gasteiger partial charge in [0.15, 0.2) is 0 Å². The largest absolute Gasteiger partial charge is 0.340 e. The molecule has 0 aliphatic rings. The second-order valence-electron chi connectivity index (χ2n) is 5.38.